The minimum atomic E-state index is 0.779. The van der Waals surface area contributed by atoms with Gasteiger partial charge in [-0.15, -0.1) is 0 Å². The van der Waals surface area contributed by atoms with Gasteiger partial charge in [0.15, 0.2) is 0 Å². The molecule has 3 heteroatoms. The summed E-state index contributed by atoms with van der Waals surface area (Å²) < 4.78 is 1.01. The van der Waals surface area contributed by atoms with Gasteiger partial charge in [-0.05, 0) is 63.7 Å². The molecule has 0 fully saturated rings. The van der Waals surface area contributed by atoms with Crippen LogP contribution in [-0.4, -0.2) is 4.98 Å². The Morgan fingerprint density at radius 1 is 1.17 bits per heavy atom. The first-order chi connectivity index (χ1) is 8.65. The predicted octanol–water partition coefficient (Wildman–Crippen LogP) is 4.66. The Balaban J connectivity index is 2.18. The fourth-order valence-corrected chi connectivity index (χ4v) is 2.98. The molecule has 0 aliphatic heterocycles. The number of rotatable bonds is 0. The van der Waals surface area contributed by atoms with E-state index >= 15 is 0 Å². The molecule has 2 aromatic rings. The van der Waals surface area contributed by atoms with E-state index in [4.69, 9.17) is 11.6 Å². The van der Waals surface area contributed by atoms with E-state index in [9.17, 15) is 0 Å². The van der Waals surface area contributed by atoms with Gasteiger partial charge in [0.25, 0.3) is 0 Å². The van der Waals surface area contributed by atoms with Crippen LogP contribution >= 0.6 is 27.5 Å². The van der Waals surface area contributed by atoms with Crippen LogP contribution in [0.15, 0.2) is 41.5 Å². The third kappa shape index (κ3) is 2.00. The molecule has 0 bridgehead atoms. The van der Waals surface area contributed by atoms with Crippen molar-refractivity contribution in [2.24, 2.45) is 0 Å². The Kier molecular flexibility index (Phi) is 3.00. The van der Waals surface area contributed by atoms with Crippen LogP contribution in [0.1, 0.15) is 22.4 Å². The van der Waals surface area contributed by atoms with Crippen molar-refractivity contribution in [3.8, 4) is 0 Å². The number of aromatic nitrogens is 1. The molecule has 1 aliphatic carbocycles. The summed E-state index contributed by atoms with van der Waals surface area (Å²) in [6, 6.07) is 8.11. The maximum atomic E-state index is 6.06. The molecule has 18 heavy (non-hydrogen) atoms. The second-order valence-electron chi connectivity index (χ2n) is 4.44. The summed E-state index contributed by atoms with van der Waals surface area (Å²) in [6.45, 7) is 4.20. The van der Waals surface area contributed by atoms with Gasteiger partial charge in [-0.3, -0.25) is 4.98 Å². The molecule has 0 N–H and O–H groups in total. The molecule has 90 valence electrons. The summed E-state index contributed by atoms with van der Waals surface area (Å²) >= 11 is 9.53. The highest BCUT2D eigenvalue weighted by Gasteiger charge is 2.18. The SMILES string of the molecule is C=C1c2ccc(Cl)cc2CCc2cc(Br)cnc21. The van der Waals surface area contributed by atoms with Gasteiger partial charge >= 0.3 is 0 Å². The average molecular weight is 321 g/mol. The van der Waals surface area contributed by atoms with Crippen molar-refractivity contribution in [3.63, 3.8) is 0 Å². The minimum Gasteiger partial charge on any atom is -0.255 e. The van der Waals surface area contributed by atoms with Crippen LogP contribution < -0.4 is 0 Å². The fourth-order valence-electron chi connectivity index (χ4n) is 2.40. The molecule has 3 rings (SSSR count). The molecule has 1 nitrogen and oxygen atoms in total. The quantitative estimate of drug-likeness (QED) is 0.688. The Morgan fingerprint density at radius 2 is 1.94 bits per heavy atom. The zero-order valence-corrected chi connectivity index (χ0v) is 12.1. The molecule has 1 aromatic carbocycles. The van der Waals surface area contributed by atoms with Gasteiger partial charge in [-0.25, -0.2) is 0 Å². The standard InChI is InChI=1S/C15H11BrClN/c1-9-14-5-4-13(17)7-10(14)2-3-11-6-12(16)8-18-15(9)11/h4-8H,1-3H2. The van der Waals surface area contributed by atoms with Crippen molar-refractivity contribution in [1.82, 2.24) is 4.98 Å². The molecule has 0 amide bonds. The van der Waals surface area contributed by atoms with Gasteiger partial charge in [0.1, 0.15) is 0 Å². The van der Waals surface area contributed by atoms with Gasteiger partial charge < -0.3 is 0 Å². The summed E-state index contributed by atoms with van der Waals surface area (Å²) in [5.41, 5.74) is 5.64. The van der Waals surface area contributed by atoms with E-state index in [1.54, 1.807) is 0 Å². The second-order valence-corrected chi connectivity index (χ2v) is 5.79. The molecular formula is C15H11BrClN. The van der Waals surface area contributed by atoms with Crippen LogP contribution in [0.4, 0.5) is 0 Å². The molecular weight excluding hydrogens is 310 g/mol. The lowest BCUT2D eigenvalue weighted by Gasteiger charge is -2.09. The summed E-state index contributed by atoms with van der Waals surface area (Å²) in [4.78, 5) is 4.50. The number of nitrogens with zero attached hydrogens (tertiary/aromatic N) is 1. The van der Waals surface area contributed by atoms with Crippen LogP contribution in [0.25, 0.3) is 5.57 Å². The van der Waals surface area contributed by atoms with Crippen LogP contribution in [0.3, 0.4) is 0 Å². The maximum Gasteiger partial charge on any atom is 0.0735 e. The minimum absolute atomic E-state index is 0.779. The third-order valence-electron chi connectivity index (χ3n) is 3.28. The third-order valence-corrected chi connectivity index (χ3v) is 3.94. The van der Waals surface area contributed by atoms with Crippen molar-refractivity contribution < 1.29 is 0 Å². The second kappa shape index (κ2) is 4.52. The highest BCUT2D eigenvalue weighted by molar-refractivity contribution is 9.10. The highest BCUT2D eigenvalue weighted by Crippen LogP contribution is 2.33. The zero-order chi connectivity index (χ0) is 12.7. The van der Waals surface area contributed by atoms with Gasteiger partial charge in [-0.2, -0.15) is 0 Å². The van der Waals surface area contributed by atoms with E-state index in [1.807, 2.05) is 24.4 Å². The molecule has 1 aliphatic rings. The van der Waals surface area contributed by atoms with Crippen LogP contribution in [0, 0.1) is 0 Å². The first-order valence-electron chi connectivity index (χ1n) is 5.77. The number of halogens is 2. The lowest BCUT2D eigenvalue weighted by Crippen LogP contribution is -1.95. The number of fused-ring (bicyclic) bond motifs is 2. The number of aryl methyl sites for hydroxylation is 2. The van der Waals surface area contributed by atoms with Crippen LogP contribution in [-0.2, 0) is 12.8 Å². The normalized spacial score (nSPS) is 13.8. The van der Waals surface area contributed by atoms with E-state index in [-0.39, 0.29) is 0 Å². The zero-order valence-electron chi connectivity index (χ0n) is 9.71. The van der Waals surface area contributed by atoms with Crippen LogP contribution in [0.2, 0.25) is 5.02 Å². The average Bonchev–Trinajstić information content (AvgIpc) is 2.47. The summed E-state index contributed by atoms with van der Waals surface area (Å²) in [5, 5.41) is 0.779. The molecule has 0 spiro atoms. The van der Waals surface area contributed by atoms with Gasteiger partial charge in [0, 0.05) is 21.3 Å². The van der Waals surface area contributed by atoms with Crippen molar-refractivity contribution >= 4 is 33.1 Å². The Hall–Kier alpha value is -1.12. The van der Waals surface area contributed by atoms with Gasteiger partial charge in [0.2, 0.25) is 0 Å². The summed E-state index contributed by atoms with van der Waals surface area (Å²) in [5.74, 6) is 0. The largest absolute Gasteiger partial charge is 0.255 e. The smallest absolute Gasteiger partial charge is 0.0735 e. The van der Waals surface area contributed by atoms with Crippen molar-refractivity contribution in [2.75, 3.05) is 0 Å². The van der Waals surface area contributed by atoms with Gasteiger partial charge in [0.05, 0.1) is 5.69 Å². The Morgan fingerprint density at radius 3 is 2.78 bits per heavy atom. The van der Waals surface area contributed by atoms with Gasteiger partial charge in [-0.1, -0.05) is 24.2 Å². The molecule has 0 atom stereocenters. The highest BCUT2D eigenvalue weighted by atomic mass is 79.9. The van der Waals surface area contributed by atoms with E-state index in [1.165, 1.54) is 11.1 Å². The van der Waals surface area contributed by atoms with E-state index in [0.717, 1.165) is 39.2 Å². The van der Waals surface area contributed by atoms with Crippen LogP contribution in [0.5, 0.6) is 0 Å². The molecule has 1 heterocycles. The predicted molar refractivity (Wildman–Crippen MR) is 78.9 cm³/mol. The molecule has 0 unspecified atom stereocenters. The van der Waals surface area contributed by atoms with E-state index in [2.05, 4.69) is 33.6 Å². The topological polar surface area (TPSA) is 12.9 Å². The lowest BCUT2D eigenvalue weighted by atomic mass is 9.99. The molecule has 0 radical (unpaired) electrons. The Labute approximate surface area is 120 Å². The van der Waals surface area contributed by atoms with Crippen molar-refractivity contribution in [3.05, 3.63) is 68.9 Å². The maximum absolute atomic E-state index is 6.06. The molecule has 1 aromatic heterocycles. The number of hydrogen-bond acceptors (Lipinski definition) is 1. The summed E-state index contributed by atoms with van der Waals surface area (Å²) in [6.07, 6.45) is 3.76. The van der Waals surface area contributed by atoms with Crippen molar-refractivity contribution in [1.29, 1.82) is 0 Å². The Bertz CT molecular complexity index is 593. The lowest BCUT2D eigenvalue weighted by molar-refractivity contribution is 0.953. The van der Waals surface area contributed by atoms with E-state index < -0.39 is 0 Å². The van der Waals surface area contributed by atoms with E-state index in [0.29, 0.717) is 0 Å². The molecule has 0 saturated carbocycles. The monoisotopic (exact) mass is 319 g/mol. The molecule has 0 saturated heterocycles. The number of benzene rings is 1. The summed E-state index contributed by atoms with van der Waals surface area (Å²) in [7, 11) is 0. The number of hydrogen-bond donors (Lipinski definition) is 0. The first-order valence-corrected chi connectivity index (χ1v) is 6.95. The first kappa shape index (κ1) is 11.9. The number of pyridine rings is 1. The van der Waals surface area contributed by atoms with Crippen molar-refractivity contribution in [2.45, 2.75) is 12.8 Å². The fraction of sp³-hybridized carbons (Fsp3) is 0.133.